The van der Waals surface area contributed by atoms with Gasteiger partial charge in [-0.15, -0.1) is 0 Å². The lowest BCUT2D eigenvalue weighted by Gasteiger charge is -2.25. The molecule has 3 aromatic heterocycles. The van der Waals surface area contributed by atoms with Crippen LogP contribution in [-0.2, 0) is 0 Å². The zero-order chi connectivity index (χ0) is 37.7. The summed E-state index contributed by atoms with van der Waals surface area (Å²) in [5.41, 5.74) is 11.1. The van der Waals surface area contributed by atoms with E-state index in [2.05, 4.69) is 114 Å². The highest BCUT2D eigenvalue weighted by molar-refractivity contribution is 6.13. The monoisotopic (exact) mass is 732 g/mol. The van der Waals surface area contributed by atoms with Gasteiger partial charge in [-0.3, -0.25) is 0 Å². The van der Waals surface area contributed by atoms with Crippen LogP contribution in [0.15, 0.2) is 203 Å². The molecule has 6 nitrogen and oxygen atoms in total. The summed E-state index contributed by atoms with van der Waals surface area (Å²) < 4.78 is 13.0. The molecule has 57 heavy (non-hydrogen) atoms. The van der Waals surface area contributed by atoms with Gasteiger partial charge < -0.3 is 13.7 Å². The van der Waals surface area contributed by atoms with Gasteiger partial charge in [0.05, 0.1) is 5.56 Å². The molecule has 0 aliphatic heterocycles. The molecule has 0 amide bonds. The van der Waals surface area contributed by atoms with Gasteiger partial charge in [0.15, 0.2) is 17.5 Å². The number of para-hydroxylation sites is 4. The highest BCUT2D eigenvalue weighted by Crippen LogP contribution is 2.41. The first-order valence-electron chi connectivity index (χ1n) is 18.9. The molecule has 3 heterocycles. The summed E-state index contributed by atoms with van der Waals surface area (Å²) >= 11 is 0. The number of nitrogens with zero attached hydrogens (tertiary/aromatic N) is 4. The van der Waals surface area contributed by atoms with Crippen LogP contribution in [0.5, 0.6) is 0 Å². The van der Waals surface area contributed by atoms with E-state index in [0.717, 1.165) is 88.8 Å². The first-order chi connectivity index (χ1) is 28.2. The SMILES string of the molecule is c1ccc(-c2nc(-c3cccc4c3oc3ccccc34)nc(-c3cccc4oc5cc(-c6ccc(N(c7ccccc7)c7ccccc7)cc6)ccc5c34)n2)cc1. The Morgan fingerprint density at radius 1 is 0.333 bits per heavy atom. The smallest absolute Gasteiger partial charge is 0.167 e. The number of rotatable bonds is 7. The number of aromatic nitrogens is 3. The van der Waals surface area contributed by atoms with E-state index in [1.165, 1.54) is 0 Å². The largest absolute Gasteiger partial charge is 0.456 e. The second-order valence-corrected chi connectivity index (χ2v) is 14.0. The third kappa shape index (κ3) is 5.70. The number of hydrogen-bond donors (Lipinski definition) is 0. The molecule has 0 N–H and O–H groups in total. The molecule has 6 heteroatoms. The molecule has 0 radical (unpaired) electrons. The van der Waals surface area contributed by atoms with Crippen LogP contribution < -0.4 is 4.90 Å². The van der Waals surface area contributed by atoms with Crippen molar-refractivity contribution in [1.82, 2.24) is 15.0 Å². The quantitative estimate of drug-likeness (QED) is 0.162. The molecule has 0 aliphatic rings. The summed E-state index contributed by atoms with van der Waals surface area (Å²) in [5, 5.41) is 4.01. The Morgan fingerprint density at radius 3 is 1.65 bits per heavy atom. The first kappa shape index (κ1) is 32.6. The van der Waals surface area contributed by atoms with Crippen LogP contribution in [0.3, 0.4) is 0 Å². The van der Waals surface area contributed by atoms with Crippen molar-refractivity contribution in [2.45, 2.75) is 0 Å². The van der Waals surface area contributed by atoms with E-state index in [-0.39, 0.29) is 0 Å². The van der Waals surface area contributed by atoms with E-state index in [4.69, 9.17) is 23.8 Å². The van der Waals surface area contributed by atoms with Crippen molar-refractivity contribution in [3.63, 3.8) is 0 Å². The minimum absolute atomic E-state index is 0.539. The fourth-order valence-electron chi connectivity index (χ4n) is 7.85. The first-order valence-corrected chi connectivity index (χ1v) is 18.9. The van der Waals surface area contributed by atoms with Gasteiger partial charge in [0.2, 0.25) is 0 Å². The summed E-state index contributed by atoms with van der Waals surface area (Å²) in [5.74, 6) is 1.68. The Balaban J connectivity index is 1.02. The van der Waals surface area contributed by atoms with Gasteiger partial charge in [-0.1, -0.05) is 127 Å². The predicted molar refractivity (Wildman–Crippen MR) is 231 cm³/mol. The summed E-state index contributed by atoms with van der Waals surface area (Å²) in [4.78, 5) is 17.6. The van der Waals surface area contributed by atoms with Gasteiger partial charge in [0.1, 0.15) is 22.3 Å². The van der Waals surface area contributed by atoms with Gasteiger partial charge in [0, 0.05) is 49.7 Å². The number of fused-ring (bicyclic) bond motifs is 6. The maximum absolute atomic E-state index is 6.58. The number of furan rings is 2. The van der Waals surface area contributed by atoms with E-state index in [0.29, 0.717) is 17.5 Å². The Morgan fingerprint density at radius 2 is 0.895 bits per heavy atom. The van der Waals surface area contributed by atoms with Crippen LogP contribution in [0.1, 0.15) is 0 Å². The Bertz CT molecular complexity index is 3190. The topological polar surface area (TPSA) is 68.2 Å². The molecule has 0 aliphatic carbocycles. The highest BCUT2D eigenvalue weighted by atomic mass is 16.3. The maximum atomic E-state index is 6.58. The predicted octanol–water partition coefficient (Wildman–Crippen LogP) is 13.8. The molecular formula is C51H32N4O2. The van der Waals surface area contributed by atoms with Gasteiger partial charge in [-0.05, 0) is 77.9 Å². The lowest BCUT2D eigenvalue weighted by molar-refractivity contribution is 0.668. The molecule has 0 saturated heterocycles. The Kier molecular flexibility index (Phi) is 7.71. The zero-order valence-electron chi connectivity index (χ0n) is 30.6. The van der Waals surface area contributed by atoms with Gasteiger partial charge in [0.25, 0.3) is 0 Å². The zero-order valence-corrected chi connectivity index (χ0v) is 30.6. The Labute approximate surface area is 328 Å². The summed E-state index contributed by atoms with van der Waals surface area (Å²) in [6, 6.07) is 66.3. The summed E-state index contributed by atoms with van der Waals surface area (Å²) in [6.45, 7) is 0. The van der Waals surface area contributed by atoms with Crippen molar-refractivity contribution in [2.24, 2.45) is 0 Å². The lowest BCUT2D eigenvalue weighted by atomic mass is 10.0. The normalized spacial score (nSPS) is 11.5. The molecule has 8 aromatic carbocycles. The van der Waals surface area contributed by atoms with Crippen molar-refractivity contribution in [3.8, 4) is 45.3 Å². The molecule has 0 fully saturated rings. The highest BCUT2D eigenvalue weighted by Gasteiger charge is 2.21. The molecular weight excluding hydrogens is 701 g/mol. The second kappa shape index (κ2) is 13.5. The van der Waals surface area contributed by atoms with Crippen LogP contribution >= 0.6 is 0 Å². The van der Waals surface area contributed by atoms with E-state index >= 15 is 0 Å². The molecule has 11 aromatic rings. The maximum Gasteiger partial charge on any atom is 0.167 e. The second-order valence-electron chi connectivity index (χ2n) is 14.0. The molecule has 0 bridgehead atoms. The lowest BCUT2D eigenvalue weighted by Crippen LogP contribution is -2.09. The van der Waals surface area contributed by atoms with Crippen molar-refractivity contribution >= 4 is 60.9 Å². The fraction of sp³-hybridized carbons (Fsp3) is 0. The average Bonchev–Trinajstić information content (AvgIpc) is 3.86. The van der Waals surface area contributed by atoms with E-state index in [1.54, 1.807) is 0 Å². The number of hydrogen-bond acceptors (Lipinski definition) is 6. The van der Waals surface area contributed by atoms with Crippen molar-refractivity contribution in [3.05, 3.63) is 194 Å². The molecule has 0 unspecified atom stereocenters. The molecule has 268 valence electrons. The minimum atomic E-state index is 0.539. The Hall–Kier alpha value is -7.83. The van der Waals surface area contributed by atoms with Crippen molar-refractivity contribution in [2.75, 3.05) is 4.90 Å². The van der Waals surface area contributed by atoms with Crippen molar-refractivity contribution < 1.29 is 8.83 Å². The van der Waals surface area contributed by atoms with Crippen LogP contribution in [0.4, 0.5) is 17.1 Å². The van der Waals surface area contributed by atoms with Crippen LogP contribution in [0.2, 0.25) is 0 Å². The summed E-state index contributed by atoms with van der Waals surface area (Å²) in [7, 11) is 0. The van der Waals surface area contributed by atoms with Crippen LogP contribution in [-0.4, -0.2) is 15.0 Å². The van der Waals surface area contributed by atoms with Gasteiger partial charge in [-0.2, -0.15) is 0 Å². The van der Waals surface area contributed by atoms with Crippen LogP contribution in [0, 0.1) is 0 Å². The standard InChI is InChI=1S/C51H32N4O2/c1-4-14-34(15-5-1)49-52-50(54-51(53-49)43-23-12-21-40-39-20-10-11-24-44(39)57-48(40)43)42-22-13-25-45-47(42)41-31-28-35(32-46(41)56-45)33-26-29-38(30-27-33)55(36-16-6-2-7-17-36)37-18-8-3-9-19-37/h1-32H. The van der Waals surface area contributed by atoms with Crippen LogP contribution in [0.25, 0.3) is 89.2 Å². The van der Waals surface area contributed by atoms with E-state index in [9.17, 15) is 0 Å². The van der Waals surface area contributed by atoms with Gasteiger partial charge >= 0.3 is 0 Å². The molecule has 0 atom stereocenters. The van der Waals surface area contributed by atoms with Gasteiger partial charge in [-0.25, -0.2) is 15.0 Å². The number of anilines is 3. The fourth-order valence-corrected chi connectivity index (χ4v) is 7.85. The third-order valence-electron chi connectivity index (χ3n) is 10.5. The minimum Gasteiger partial charge on any atom is -0.456 e. The van der Waals surface area contributed by atoms with E-state index < -0.39 is 0 Å². The molecule has 0 spiro atoms. The summed E-state index contributed by atoms with van der Waals surface area (Å²) in [6.07, 6.45) is 0. The molecule has 0 saturated carbocycles. The third-order valence-corrected chi connectivity index (χ3v) is 10.5. The average molecular weight is 733 g/mol. The van der Waals surface area contributed by atoms with Crippen molar-refractivity contribution in [1.29, 1.82) is 0 Å². The van der Waals surface area contributed by atoms with E-state index in [1.807, 2.05) is 84.9 Å². The molecule has 11 rings (SSSR count). The number of benzene rings is 8.